The van der Waals surface area contributed by atoms with Crippen LogP contribution in [-0.4, -0.2) is 24.6 Å². The fraction of sp³-hybridized carbons (Fsp3) is 0.200. The zero-order valence-corrected chi connectivity index (χ0v) is 14.3. The summed E-state index contributed by atoms with van der Waals surface area (Å²) >= 11 is 0. The molecular formula is C20H20N2O3. The molecule has 5 heteroatoms. The van der Waals surface area contributed by atoms with Crippen molar-refractivity contribution in [2.75, 3.05) is 19.0 Å². The number of carbonyl (C=O) groups is 1. The lowest BCUT2D eigenvalue weighted by Gasteiger charge is -2.12. The van der Waals surface area contributed by atoms with E-state index in [1.54, 1.807) is 31.5 Å². The minimum atomic E-state index is -0.184. The maximum Gasteiger partial charge on any atom is 0.255 e. The van der Waals surface area contributed by atoms with E-state index in [0.29, 0.717) is 24.5 Å². The summed E-state index contributed by atoms with van der Waals surface area (Å²) in [5.74, 6) is 0.524. The number of methoxy groups -OCH3 is 1. The van der Waals surface area contributed by atoms with Crippen LogP contribution in [0.25, 0.3) is 10.9 Å². The lowest BCUT2D eigenvalue weighted by Crippen LogP contribution is -2.13. The van der Waals surface area contributed by atoms with Gasteiger partial charge in [-0.25, -0.2) is 0 Å². The van der Waals surface area contributed by atoms with Crippen molar-refractivity contribution in [2.45, 2.75) is 13.5 Å². The van der Waals surface area contributed by atoms with Gasteiger partial charge in [-0.2, -0.15) is 0 Å². The third-order valence-electron chi connectivity index (χ3n) is 3.90. The molecule has 0 aliphatic carbocycles. The van der Waals surface area contributed by atoms with Crippen LogP contribution in [-0.2, 0) is 11.3 Å². The molecule has 1 aromatic heterocycles. The normalized spacial score (nSPS) is 10.6. The summed E-state index contributed by atoms with van der Waals surface area (Å²) in [6, 6.07) is 14.8. The summed E-state index contributed by atoms with van der Waals surface area (Å²) in [5, 5.41) is 3.87. The molecule has 3 rings (SSSR count). The van der Waals surface area contributed by atoms with Crippen molar-refractivity contribution < 1.29 is 14.3 Å². The molecule has 0 atom stereocenters. The smallest absolute Gasteiger partial charge is 0.255 e. The van der Waals surface area contributed by atoms with Gasteiger partial charge in [0.25, 0.3) is 5.91 Å². The van der Waals surface area contributed by atoms with Crippen LogP contribution in [0.2, 0.25) is 0 Å². The van der Waals surface area contributed by atoms with Crippen molar-refractivity contribution in [3.8, 4) is 5.75 Å². The van der Waals surface area contributed by atoms with Gasteiger partial charge in [0.05, 0.1) is 24.9 Å². The Labute approximate surface area is 146 Å². The van der Waals surface area contributed by atoms with Gasteiger partial charge in [0.1, 0.15) is 5.75 Å². The van der Waals surface area contributed by atoms with E-state index < -0.39 is 0 Å². The Hall–Kier alpha value is -2.92. The van der Waals surface area contributed by atoms with Crippen LogP contribution in [0, 0.1) is 0 Å². The Morgan fingerprint density at radius 1 is 1.16 bits per heavy atom. The van der Waals surface area contributed by atoms with Crippen LogP contribution in [0.15, 0.2) is 54.7 Å². The van der Waals surface area contributed by atoms with Crippen molar-refractivity contribution in [3.63, 3.8) is 0 Å². The number of ether oxygens (including phenoxy) is 2. The van der Waals surface area contributed by atoms with Crippen LogP contribution in [0.1, 0.15) is 22.8 Å². The molecule has 0 unspecified atom stereocenters. The van der Waals surface area contributed by atoms with Gasteiger partial charge in [-0.1, -0.05) is 6.07 Å². The van der Waals surface area contributed by atoms with E-state index in [2.05, 4.69) is 10.3 Å². The molecular weight excluding hydrogens is 316 g/mol. The second-order valence-electron chi connectivity index (χ2n) is 5.49. The molecule has 1 amide bonds. The third-order valence-corrected chi connectivity index (χ3v) is 3.90. The second kappa shape index (κ2) is 7.77. The summed E-state index contributed by atoms with van der Waals surface area (Å²) in [5.41, 5.74) is 2.97. The molecule has 5 nitrogen and oxygen atoms in total. The molecule has 1 N–H and O–H groups in total. The number of carbonyl (C=O) groups excluding carboxylic acids is 1. The predicted molar refractivity (Wildman–Crippen MR) is 98.0 cm³/mol. The van der Waals surface area contributed by atoms with E-state index in [4.69, 9.17) is 9.47 Å². The lowest BCUT2D eigenvalue weighted by molar-refractivity contribution is 0.102. The summed E-state index contributed by atoms with van der Waals surface area (Å²) in [6.45, 7) is 2.93. The first kappa shape index (κ1) is 16.9. The molecule has 0 bridgehead atoms. The maximum absolute atomic E-state index is 12.7. The summed E-state index contributed by atoms with van der Waals surface area (Å²) in [7, 11) is 1.60. The van der Waals surface area contributed by atoms with Crippen molar-refractivity contribution in [1.29, 1.82) is 0 Å². The van der Waals surface area contributed by atoms with E-state index in [9.17, 15) is 4.79 Å². The Morgan fingerprint density at radius 2 is 2.04 bits per heavy atom. The summed E-state index contributed by atoms with van der Waals surface area (Å²) in [6.07, 6.45) is 1.73. The average Bonchev–Trinajstić information content (AvgIpc) is 2.66. The number of anilines is 1. The molecule has 0 saturated heterocycles. The van der Waals surface area contributed by atoms with Crippen molar-refractivity contribution in [3.05, 3.63) is 65.9 Å². The molecule has 2 aromatic carbocycles. The van der Waals surface area contributed by atoms with E-state index in [0.717, 1.165) is 22.2 Å². The Balaban J connectivity index is 1.87. The topological polar surface area (TPSA) is 60.5 Å². The third kappa shape index (κ3) is 3.78. The van der Waals surface area contributed by atoms with E-state index in [-0.39, 0.29) is 5.91 Å². The van der Waals surface area contributed by atoms with Crippen molar-refractivity contribution in [2.24, 2.45) is 0 Å². The minimum Gasteiger partial charge on any atom is -0.496 e. The number of rotatable bonds is 6. The van der Waals surface area contributed by atoms with Gasteiger partial charge in [-0.05, 0) is 49.4 Å². The van der Waals surface area contributed by atoms with Gasteiger partial charge in [0, 0.05) is 29.3 Å². The molecule has 1 heterocycles. The SMILES string of the molecule is CCOCc1cc(C(=O)Nc2cccc3ncccc23)ccc1OC. The minimum absolute atomic E-state index is 0.184. The molecule has 25 heavy (non-hydrogen) atoms. The van der Waals surface area contributed by atoms with Crippen LogP contribution in [0.4, 0.5) is 5.69 Å². The summed E-state index contributed by atoms with van der Waals surface area (Å²) < 4.78 is 10.8. The van der Waals surface area contributed by atoms with Gasteiger partial charge in [-0.3, -0.25) is 9.78 Å². The maximum atomic E-state index is 12.7. The average molecular weight is 336 g/mol. The van der Waals surface area contributed by atoms with Crippen LogP contribution < -0.4 is 10.1 Å². The molecule has 128 valence electrons. The molecule has 3 aromatic rings. The summed E-state index contributed by atoms with van der Waals surface area (Å²) in [4.78, 5) is 17.0. The quantitative estimate of drug-likeness (QED) is 0.738. The Kier molecular flexibility index (Phi) is 5.26. The first-order valence-electron chi connectivity index (χ1n) is 8.12. The molecule has 0 saturated carbocycles. The highest BCUT2D eigenvalue weighted by Crippen LogP contribution is 2.24. The highest BCUT2D eigenvalue weighted by Gasteiger charge is 2.12. The number of hydrogen-bond acceptors (Lipinski definition) is 4. The van der Waals surface area contributed by atoms with Crippen molar-refractivity contribution >= 4 is 22.5 Å². The Bertz CT molecular complexity index is 888. The molecule has 0 aliphatic rings. The predicted octanol–water partition coefficient (Wildman–Crippen LogP) is 4.03. The number of nitrogens with zero attached hydrogens (tertiary/aromatic N) is 1. The molecule has 0 radical (unpaired) electrons. The fourth-order valence-electron chi connectivity index (χ4n) is 2.65. The van der Waals surface area contributed by atoms with Crippen LogP contribution >= 0.6 is 0 Å². The van der Waals surface area contributed by atoms with Gasteiger partial charge in [0.15, 0.2) is 0 Å². The first-order valence-corrected chi connectivity index (χ1v) is 8.12. The number of benzene rings is 2. The zero-order valence-electron chi connectivity index (χ0n) is 14.3. The zero-order chi connectivity index (χ0) is 17.6. The number of nitrogens with one attached hydrogen (secondary N) is 1. The monoisotopic (exact) mass is 336 g/mol. The van der Waals surface area contributed by atoms with Crippen LogP contribution in [0.3, 0.4) is 0 Å². The highest BCUT2D eigenvalue weighted by molar-refractivity contribution is 6.08. The van der Waals surface area contributed by atoms with Gasteiger partial charge < -0.3 is 14.8 Å². The number of amides is 1. The molecule has 0 spiro atoms. The van der Waals surface area contributed by atoms with Crippen molar-refractivity contribution in [1.82, 2.24) is 4.98 Å². The van der Waals surface area contributed by atoms with Gasteiger partial charge in [-0.15, -0.1) is 0 Å². The lowest BCUT2D eigenvalue weighted by atomic mass is 10.1. The van der Waals surface area contributed by atoms with Gasteiger partial charge >= 0.3 is 0 Å². The number of hydrogen-bond donors (Lipinski definition) is 1. The Morgan fingerprint density at radius 3 is 2.84 bits per heavy atom. The van der Waals surface area contributed by atoms with Gasteiger partial charge in [0.2, 0.25) is 0 Å². The molecule has 0 fully saturated rings. The van der Waals surface area contributed by atoms with Crippen LogP contribution in [0.5, 0.6) is 5.75 Å². The standard InChI is InChI=1S/C20H20N2O3/c1-3-25-13-15-12-14(9-10-19(15)24-2)20(23)22-18-8-4-7-17-16(18)6-5-11-21-17/h4-12H,3,13H2,1-2H3,(H,22,23). The molecule has 0 aliphatic heterocycles. The van der Waals surface area contributed by atoms with E-state index in [1.807, 2.05) is 37.3 Å². The first-order chi connectivity index (χ1) is 12.2. The van der Waals surface area contributed by atoms with E-state index >= 15 is 0 Å². The largest absolute Gasteiger partial charge is 0.496 e. The number of pyridine rings is 1. The number of aromatic nitrogens is 1. The number of fused-ring (bicyclic) bond motifs is 1. The highest BCUT2D eigenvalue weighted by atomic mass is 16.5. The van der Waals surface area contributed by atoms with E-state index in [1.165, 1.54) is 0 Å². The second-order valence-corrected chi connectivity index (χ2v) is 5.49. The fourth-order valence-corrected chi connectivity index (χ4v) is 2.65.